The maximum atomic E-state index is 15.8. The van der Waals surface area contributed by atoms with Gasteiger partial charge in [-0.05, 0) is 44.4 Å². The maximum absolute atomic E-state index is 15.8. The van der Waals surface area contributed by atoms with E-state index >= 15 is 4.39 Å². The van der Waals surface area contributed by atoms with Crippen molar-refractivity contribution >= 4 is 23.2 Å². The van der Waals surface area contributed by atoms with Gasteiger partial charge >= 0.3 is 6.18 Å². The number of hydrogen-bond donors (Lipinski definition) is 2. The first kappa shape index (κ1) is 30.0. The highest BCUT2D eigenvalue weighted by molar-refractivity contribution is 6.07. The van der Waals surface area contributed by atoms with Gasteiger partial charge in [0, 0.05) is 74.5 Å². The average molecular weight is 616 g/mol. The fourth-order valence-corrected chi connectivity index (χ4v) is 5.79. The van der Waals surface area contributed by atoms with Crippen molar-refractivity contribution in [1.29, 1.82) is 0 Å². The largest absolute Gasteiger partial charge is 0.417 e. The van der Waals surface area contributed by atoms with Gasteiger partial charge in [0.2, 0.25) is 11.5 Å². The summed E-state index contributed by atoms with van der Waals surface area (Å²) in [7, 11) is 2.06. The predicted molar refractivity (Wildman–Crippen MR) is 156 cm³/mol. The van der Waals surface area contributed by atoms with E-state index in [0.29, 0.717) is 68.6 Å². The fourth-order valence-electron chi connectivity index (χ4n) is 5.79. The Labute approximate surface area is 251 Å². The Bertz CT molecular complexity index is 1570. The van der Waals surface area contributed by atoms with Crippen molar-refractivity contribution in [3.63, 3.8) is 0 Å². The monoisotopic (exact) mass is 615 g/mol. The quantitative estimate of drug-likeness (QED) is 0.367. The van der Waals surface area contributed by atoms with Crippen LogP contribution >= 0.6 is 0 Å². The molecule has 6 rings (SSSR count). The van der Waals surface area contributed by atoms with Crippen LogP contribution in [0.25, 0.3) is 11.1 Å². The molecule has 14 heteroatoms. The van der Waals surface area contributed by atoms with Crippen molar-refractivity contribution in [2.75, 3.05) is 68.1 Å². The minimum atomic E-state index is -4.94. The molecule has 2 N–H and O–H groups in total. The summed E-state index contributed by atoms with van der Waals surface area (Å²) >= 11 is 0. The van der Waals surface area contributed by atoms with Crippen LogP contribution in [0.15, 0.2) is 41.6 Å². The van der Waals surface area contributed by atoms with Gasteiger partial charge in [-0.2, -0.15) is 13.2 Å². The highest BCUT2D eigenvalue weighted by atomic mass is 19.4. The van der Waals surface area contributed by atoms with E-state index in [1.165, 1.54) is 37.4 Å². The van der Waals surface area contributed by atoms with Gasteiger partial charge in [-0.3, -0.25) is 9.59 Å². The van der Waals surface area contributed by atoms with Crippen molar-refractivity contribution in [3.8, 4) is 11.1 Å². The van der Waals surface area contributed by atoms with Gasteiger partial charge in [-0.25, -0.2) is 14.4 Å². The average Bonchev–Trinajstić information content (AvgIpc) is 3.68. The molecule has 0 bridgehead atoms. The van der Waals surface area contributed by atoms with Crippen LogP contribution in [0.5, 0.6) is 0 Å². The minimum absolute atomic E-state index is 0.0803. The summed E-state index contributed by atoms with van der Waals surface area (Å²) in [6, 6.07) is 3.25. The normalized spacial score (nSPS) is 19.1. The van der Waals surface area contributed by atoms with Crippen LogP contribution < -0.4 is 20.7 Å². The molecule has 3 aromatic rings. The van der Waals surface area contributed by atoms with E-state index < -0.39 is 34.6 Å². The van der Waals surface area contributed by atoms with E-state index in [1.807, 2.05) is 9.80 Å². The Kier molecular flexibility index (Phi) is 8.29. The number of likely N-dealkylation sites (N-methyl/N-ethyl adjacent to an activating group) is 1. The number of carbonyl (C=O) groups is 1. The first-order valence-electron chi connectivity index (χ1n) is 14.6. The van der Waals surface area contributed by atoms with Gasteiger partial charge in [0.15, 0.2) is 0 Å². The number of anilines is 3. The molecule has 1 aliphatic carbocycles. The predicted octanol–water partition coefficient (Wildman–Crippen LogP) is 4.00. The molecule has 0 spiro atoms. The Balaban J connectivity index is 1.33. The Morgan fingerprint density at radius 3 is 2.50 bits per heavy atom. The molecule has 1 atom stereocenters. The number of alkyl halides is 3. The van der Waals surface area contributed by atoms with Crippen molar-refractivity contribution in [2.45, 2.75) is 31.5 Å². The number of pyridine rings is 1. The molecule has 10 nitrogen and oxygen atoms in total. The summed E-state index contributed by atoms with van der Waals surface area (Å²) in [5.74, 6) is -0.514. The lowest BCUT2D eigenvalue weighted by molar-refractivity contribution is -0.138. The standard InChI is InChI=1S/C30H33F4N7O3/c1-39(16-18-2-3-18)20-4-5-41(17-20)26-12-24(31)21(19-13-36-29(37-14-19)40-6-8-44-9-7-40)10-25(26)38-28(43)22-15-35-27(42)11-23(22)30(32,33)34/h10-15,18,20H,2-9,16-17H2,1H3,(H,35,42)(H,38,43). The number of morpholine rings is 1. The van der Waals surface area contributed by atoms with E-state index in [0.717, 1.165) is 19.2 Å². The van der Waals surface area contributed by atoms with Gasteiger partial charge in [0.05, 0.1) is 35.7 Å². The fraction of sp³-hybridized carbons (Fsp3) is 0.467. The summed E-state index contributed by atoms with van der Waals surface area (Å²) in [5, 5.41) is 2.58. The van der Waals surface area contributed by atoms with E-state index in [9.17, 15) is 22.8 Å². The summed E-state index contributed by atoms with van der Waals surface area (Å²) in [5.41, 5.74) is -2.20. The number of nitrogens with zero attached hydrogens (tertiary/aromatic N) is 5. The van der Waals surface area contributed by atoms with Gasteiger partial charge in [0.25, 0.3) is 5.91 Å². The van der Waals surface area contributed by atoms with Crippen molar-refractivity contribution in [2.24, 2.45) is 5.92 Å². The van der Waals surface area contributed by atoms with Gasteiger partial charge in [-0.1, -0.05) is 0 Å². The van der Waals surface area contributed by atoms with E-state index in [1.54, 1.807) is 0 Å². The Hall–Kier alpha value is -4.04. The minimum Gasteiger partial charge on any atom is -0.378 e. The number of halogens is 4. The molecule has 44 heavy (non-hydrogen) atoms. The van der Waals surface area contributed by atoms with E-state index in [-0.39, 0.29) is 17.3 Å². The van der Waals surface area contributed by atoms with E-state index in [4.69, 9.17) is 4.74 Å². The number of hydrogen-bond acceptors (Lipinski definition) is 8. The number of carbonyl (C=O) groups excluding carboxylic acids is 1. The van der Waals surface area contributed by atoms with Crippen LogP contribution in [0, 0.1) is 11.7 Å². The molecule has 2 saturated heterocycles. The molecular weight excluding hydrogens is 582 g/mol. The summed E-state index contributed by atoms with van der Waals surface area (Å²) in [4.78, 5) is 42.1. The van der Waals surface area contributed by atoms with Gasteiger partial charge < -0.3 is 29.7 Å². The molecule has 1 unspecified atom stereocenters. The number of nitrogens with one attached hydrogen (secondary N) is 2. The number of aromatic amines is 1. The first-order valence-corrected chi connectivity index (χ1v) is 14.6. The lowest BCUT2D eigenvalue weighted by Gasteiger charge is -2.27. The molecule has 4 heterocycles. The zero-order valence-electron chi connectivity index (χ0n) is 24.2. The molecule has 2 aliphatic heterocycles. The molecule has 0 radical (unpaired) electrons. The van der Waals surface area contributed by atoms with Crippen LogP contribution in [-0.4, -0.2) is 84.8 Å². The third-order valence-electron chi connectivity index (χ3n) is 8.42. The zero-order chi connectivity index (χ0) is 31.0. The lowest BCUT2D eigenvalue weighted by atomic mass is 10.0. The second-order valence-corrected chi connectivity index (χ2v) is 11.6. The highest BCUT2D eigenvalue weighted by Gasteiger charge is 2.37. The molecule has 3 fully saturated rings. The molecular formula is C30H33F4N7O3. The van der Waals surface area contributed by atoms with E-state index in [2.05, 4.69) is 32.2 Å². The zero-order valence-corrected chi connectivity index (χ0v) is 24.2. The number of ether oxygens (including phenoxy) is 1. The van der Waals surface area contributed by atoms with Crippen LogP contribution in [0.2, 0.25) is 0 Å². The third kappa shape index (κ3) is 6.55. The number of aromatic nitrogens is 3. The Morgan fingerprint density at radius 1 is 1.09 bits per heavy atom. The summed E-state index contributed by atoms with van der Waals surface area (Å²) in [6.07, 6.45) is 1.99. The summed E-state index contributed by atoms with van der Waals surface area (Å²) < 4.78 is 62.4. The maximum Gasteiger partial charge on any atom is 0.417 e. The first-order chi connectivity index (χ1) is 21.1. The second-order valence-electron chi connectivity index (χ2n) is 11.6. The topological polar surface area (TPSA) is 107 Å². The number of rotatable bonds is 8. The van der Waals surface area contributed by atoms with Gasteiger partial charge in [-0.15, -0.1) is 0 Å². The van der Waals surface area contributed by atoms with Crippen LogP contribution in [0.4, 0.5) is 34.9 Å². The molecule has 1 aromatic carbocycles. The smallest absolute Gasteiger partial charge is 0.378 e. The Morgan fingerprint density at radius 2 is 1.82 bits per heavy atom. The molecule has 2 aromatic heterocycles. The molecule has 3 aliphatic rings. The highest BCUT2D eigenvalue weighted by Crippen LogP contribution is 2.38. The lowest BCUT2D eigenvalue weighted by Crippen LogP contribution is -2.37. The molecule has 234 valence electrons. The number of amides is 1. The van der Waals surface area contributed by atoms with Crippen molar-refractivity contribution in [1.82, 2.24) is 19.9 Å². The van der Waals surface area contributed by atoms with Crippen LogP contribution in [0.3, 0.4) is 0 Å². The van der Waals surface area contributed by atoms with Crippen molar-refractivity contribution < 1.29 is 27.1 Å². The second kappa shape index (κ2) is 12.2. The van der Waals surface area contributed by atoms with Crippen LogP contribution in [-0.2, 0) is 10.9 Å². The van der Waals surface area contributed by atoms with Gasteiger partial charge in [0.1, 0.15) is 5.82 Å². The van der Waals surface area contributed by atoms with Crippen molar-refractivity contribution in [3.05, 3.63) is 64.1 Å². The summed E-state index contributed by atoms with van der Waals surface area (Å²) in [6.45, 7) is 4.45. The number of H-pyrrole nitrogens is 1. The molecule has 1 saturated carbocycles. The van der Waals surface area contributed by atoms with Crippen LogP contribution in [0.1, 0.15) is 35.2 Å². The SMILES string of the molecule is CN(CC1CC1)C1CCN(c2cc(F)c(-c3cnc(N4CCOCC4)nc3)cc2NC(=O)c2c[nH]c(=O)cc2C(F)(F)F)C1. The number of benzene rings is 1. The third-order valence-corrected chi connectivity index (χ3v) is 8.42. The molecule has 1 amide bonds.